The van der Waals surface area contributed by atoms with Crippen molar-refractivity contribution in [2.75, 3.05) is 6.61 Å². The van der Waals surface area contributed by atoms with E-state index in [9.17, 15) is 9.90 Å². The molecule has 1 saturated carbocycles. The number of amides is 1. The molecule has 0 bridgehead atoms. The molecule has 0 aromatic carbocycles. The van der Waals surface area contributed by atoms with E-state index in [4.69, 9.17) is 4.42 Å². The van der Waals surface area contributed by atoms with Gasteiger partial charge in [0.15, 0.2) is 5.76 Å². The molecule has 4 heteroatoms. The third kappa shape index (κ3) is 2.44. The lowest BCUT2D eigenvalue weighted by atomic mass is 9.85. The van der Waals surface area contributed by atoms with Crippen LogP contribution in [-0.2, 0) is 0 Å². The molecule has 1 aliphatic rings. The Morgan fingerprint density at radius 1 is 1.50 bits per heavy atom. The van der Waals surface area contributed by atoms with Gasteiger partial charge in [0.25, 0.3) is 5.91 Å². The molecule has 2 atom stereocenters. The molecule has 0 aliphatic heterocycles. The van der Waals surface area contributed by atoms with Crippen LogP contribution >= 0.6 is 0 Å². The normalized spacial score (nSPS) is 25.3. The first kappa shape index (κ1) is 11.2. The summed E-state index contributed by atoms with van der Waals surface area (Å²) >= 11 is 0. The van der Waals surface area contributed by atoms with Gasteiger partial charge < -0.3 is 14.8 Å². The number of carbonyl (C=O) groups excluding carboxylic acids is 1. The summed E-state index contributed by atoms with van der Waals surface area (Å²) < 4.78 is 5.03. The van der Waals surface area contributed by atoms with E-state index < -0.39 is 0 Å². The Hall–Kier alpha value is -1.29. The summed E-state index contributed by atoms with van der Waals surface area (Å²) in [5, 5.41) is 12.2. The van der Waals surface area contributed by atoms with Crippen LogP contribution in [0.4, 0.5) is 0 Å². The summed E-state index contributed by atoms with van der Waals surface area (Å²) in [5.74, 6) is 0.338. The van der Waals surface area contributed by atoms with Crippen molar-refractivity contribution in [2.45, 2.75) is 31.7 Å². The average molecular weight is 223 g/mol. The zero-order valence-corrected chi connectivity index (χ0v) is 9.19. The first-order valence-corrected chi connectivity index (χ1v) is 5.76. The first-order valence-electron chi connectivity index (χ1n) is 5.76. The van der Waals surface area contributed by atoms with Crippen molar-refractivity contribution in [1.82, 2.24) is 5.32 Å². The minimum atomic E-state index is -0.185. The first-order chi connectivity index (χ1) is 7.81. The Morgan fingerprint density at radius 3 is 3.00 bits per heavy atom. The number of hydrogen-bond donors (Lipinski definition) is 2. The van der Waals surface area contributed by atoms with Gasteiger partial charge in [-0.25, -0.2) is 0 Å². The fourth-order valence-corrected chi connectivity index (χ4v) is 2.26. The lowest BCUT2D eigenvalue weighted by Gasteiger charge is -2.30. The van der Waals surface area contributed by atoms with Crippen molar-refractivity contribution in [2.24, 2.45) is 5.92 Å². The standard InChI is InChI=1S/C12H17NO3/c14-8-9-4-1-2-5-10(9)13-12(15)11-6-3-7-16-11/h3,6-7,9-10,14H,1-2,4-5,8H2,(H,13,15). The minimum absolute atomic E-state index is 0.0800. The van der Waals surface area contributed by atoms with E-state index >= 15 is 0 Å². The second kappa shape index (κ2) is 5.16. The van der Waals surface area contributed by atoms with E-state index in [1.165, 1.54) is 6.26 Å². The minimum Gasteiger partial charge on any atom is -0.459 e. The van der Waals surface area contributed by atoms with Crippen LogP contribution in [0.5, 0.6) is 0 Å². The summed E-state index contributed by atoms with van der Waals surface area (Å²) in [6, 6.07) is 3.42. The maximum Gasteiger partial charge on any atom is 0.287 e. The molecule has 1 heterocycles. The van der Waals surface area contributed by atoms with E-state index in [0.717, 1.165) is 25.7 Å². The zero-order chi connectivity index (χ0) is 11.4. The lowest BCUT2D eigenvalue weighted by molar-refractivity contribution is 0.0845. The molecule has 2 N–H and O–H groups in total. The lowest BCUT2D eigenvalue weighted by Crippen LogP contribution is -2.43. The molecule has 16 heavy (non-hydrogen) atoms. The van der Waals surface area contributed by atoms with Crippen molar-refractivity contribution in [3.8, 4) is 0 Å². The number of nitrogens with one attached hydrogen (secondary N) is 1. The summed E-state index contributed by atoms with van der Waals surface area (Å²) in [6.07, 6.45) is 5.66. The Bertz CT molecular complexity index is 334. The number of furan rings is 1. The van der Waals surface area contributed by atoms with Crippen LogP contribution < -0.4 is 5.32 Å². The monoisotopic (exact) mass is 223 g/mol. The van der Waals surface area contributed by atoms with Crippen molar-refractivity contribution in [3.63, 3.8) is 0 Å². The summed E-state index contributed by atoms with van der Waals surface area (Å²) in [6.45, 7) is 0.142. The van der Waals surface area contributed by atoms with Crippen LogP contribution in [0.1, 0.15) is 36.2 Å². The van der Waals surface area contributed by atoms with Crippen LogP contribution in [-0.4, -0.2) is 23.7 Å². The highest BCUT2D eigenvalue weighted by atomic mass is 16.3. The second-order valence-electron chi connectivity index (χ2n) is 4.28. The van der Waals surface area contributed by atoms with E-state index in [2.05, 4.69) is 5.32 Å². The summed E-state index contributed by atoms with van der Waals surface area (Å²) in [7, 11) is 0. The molecule has 2 rings (SSSR count). The van der Waals surface area contributed by atoms with E-state index in [0.29, 0.717) is 5.76 Å². The highest BCUT2D eigenvalue weighted by Crippen LogP contribution is 2.24. The van der Waals surface area contributed by atoms with Gasteiger partial charge in [0.1, 0.15) is 0 Å². The SMILES string of the molecule is O=C(NC1CCCCC1CO)c1ccco1. The predicted octanol–water partition coefficient (Wildman–Crippen LogP) is 1.56. The van der Waals surface area contributed by atoms with Gasteiger partial charge in [-0.1, -0.05) is 12.8 Å². The van der Waals surface area contributed by atoms with Crippen molar-refractivity contribution < 1.29 is 14.3 Å². The predicted molar refractivity (Wildman–Crippen MR) is 59.0 cm³/mol. The van der Waals surface area contributed by atoms with E-state index in [1.54, 1.807) is 12.1 Å². The Morgan fingerprint density at radius 2 is 2.31 bits per heavy atom. The number of rotatable bonds is 3. The maximum atomic E-state index is 11.7. The molecule has 1 aromatic heterocycles. The van der Waals surface area contributed by atoms with Gasteiger partial charge in [0, 0.05) is 18.6 Å². The van der Waals surface area contributed by atoms with Crippen molar-refractivity contribution in [3.05, 3.63) is 24.2 Å². The van der Waals surface area contributed by atoms with E-state index in [-0.39, 0.29) is 24.5 Å². The summed E-state index contributed by atoms with van der Waals surface area (Å²) in [4.78, 5) is 11.7. The maximum absolute atomic E-state index is 11.7. The molecule has 4 nitrogen and oxygen atoms in total. The van der Waals surface area contributed by atoms with E-state index in [1.807, 2.05) is 0 Å². The average Bonchev–Trinajstić information content (AvgIpc) is 2.83. The van der Waals surface area contributed by atoms with Gasteiger partial charge in [-0.2, -0.15) is 0 Å². The van der Waals surface area contributed by atoms with Crippen LogP contribution in [0.25, 0.3) is 0 Å². The van der Waals surface area contributed by atoms with Crippen LogP contribution in [0.3, 0.4) is 0 Å². The third-order valence-electron chi connectivity index (χ3n) is 3.21. The molecule has 0 saturated heterocycles. The number of aliphatic hydroxyl groups is 1. The molecule has 2 unspecified atom stereocenters. The van der Waals surface area contributed by atoms with Crippen molar-refractivity contribution >= 4 is 5.91 Å². The van der Waals surface area contributed by atoms with Crippen LogP contribution in [0.15, 0.2) is 22.8 Å². The fourth-order valence-electron chi connectivity index (χ4n) is 2.26. The molecular weight excluding hydrogens is 206 g/mol. The fraction of sp³-hybridized carbons (Fsp3) is 0.583. The molecule has 0 spiro atoms. The molecule has 1 amide bonds. The Balaban J connectivity index is 1.95. The van der Waals surface area contributed by atoms with Gasteiger partial charge in [0.2, 0.25) is 0 Å². The van der Waals surface area contributed by atoms with Crippen LogP contribution in [0, 0.1) is 5.92 Å². The van der Waals surface area contributed by atoms with Crippen molar-refractivity contribution in [1.29, 1.82) is 0 Å². The van der Waals surface area contributed by atoms with Gasteiger partial charge in [0.05, 0.1) is 6.26 Å². The smallest absolute Gasteiger partial charge is 0.287 e. The quantitative estimate of drug-likeness (QED) is 0.817. The molecule has 0 radical (unpaired) electrons. The highest BCUT2D eigenvalue weighted by molar-refractivity contribution is 5.91. The number of aliphatic hydroxyl groups excluding tert-OH is 1. The molecule has 1 fully saturated rings. The van der Waals surface area contributed by atoms with Crippen LogP contribution in [0.2, 0.25) is 0 Å². The Kier molecular flexibility index (Phi) is 3.62. The van der Waals surface area contributed by atoms with Gasteiger partial charge in [-0.05, 0) is 25.0 Å². The third-order valence-corrected chi connectivity index (χ3v) is 3.21. The zero-order valence-electron chi connectivity index (χ0n) is 9.19. The van der Waals surface area contributed by atoms with Gasteiger partial charge in [-0.3, -0.25) is 4.79 Å². The molecule has 1 aliphatic carbocycles. The summed E-state index contributed by atoms with van der Waals surface area (Å²) in [5.41, 5.74) is 0. The second-order valence-corrected chi connectivity index (χ2v) is 4.28. The number of carbonyl (C=O) groups is 1. The highest BCUT2D eigenvalue weighted by Gasteiger charge is 2.26. The Labute approximate surface area is 94.6 Å². The van der Waals surface area contributed by atoms with Gasteiger partial charge >= 0.3 is 0 Å². The number of hydrogen-bond acceptors (Lipinski definition) is 3. The van der Waals surface area contributed by atoms with Gasteiger partial charge in [-0.15, -0.1) is 0 Å². The largest absolute Gasteiger partial charge is 0.459 e. The molecule has 1 aromatic rings. The topological polar surface area (TPSA) is 62.5 Å². The molecule has 88 valence electrons. The molecular formula is C12H17NO3.